The highest BCUT2D eigenvalue weighted by molar-refractivity contribution is 7.92. The van der Waals surface area contributed by atoms with Gasteiger partial charge in [0.25, 0.3) is 10.0 Å². The summed E-state index contributed by atoms with van der Waals surface area (Å²) in [6.45, 7) is 0. The van der Waals surface area contributed by atoms with E-state index in [4.69, 9.17) is 11.6 Å². The average molecular weight is 416 g/mol. The van der Waals surface area contributed by atoms with Crippen molar-refractivity contribution in [2.75, 3.05) is 4.72 Å². The lowest BCUT2D eigenvalue weighted by Gasteiger charge is -2.08. The zero-order valence-corrected chi connectivity index (χ0v) is 16.3. The van der Waals surface area contributed by atoms with Gasteiger partial charge in [-0.2, -0.15) is 5.10 Å². The van der Waals surface area contributed by atoms with E-state index < -0.39 is 10.0 Å². The van der Waals surface area contributed by atoms with Crippen LogP contribution in [0.15, 0.2) is 83.2 Å². The maximum absolute atomic E-state index is 13.1. The highest BCUT2D eigenvalue weighted by Crippen LogP contribution is 2.32. The number of para-hydroxylation sites is 2. The zero-order valence-electron chi connectivity index (χ0n) is 13.9. The summed E-state index contributed by atoms with van der Waals surface area (Å²) in [7, 11) is -3.89. The summed E-state index contributed by atoms with van der Waals surface area (Å²) in [4.78, 5) is 0.859. The van der Waals surface area contributed by atoms with Gasteiger partial charge in [-0.15, -0.1) is 11.3 Å². The van der Waals surface area contributed by atoms with Crippen LogP contribution in [0.2, 0.25) is 5.02 Å². The molecule has 0 bridgehead atoms. The summed E-state index contributed by atoms with van der Waals surface area (Å²) in [5, 5.41) is 6.74. The molecular weight excluding hydrogens is 402 g/mol. The fourth-order valence-corrected chi connectivity index (χ4v) is 4.84. The molecule has 2 aromatic heterocycles. The van der Waals surface area contributed by atoms with E-state index in [0.29, 0.717) is 16.4 Å². The molecule has 2 heterocycles. The molecule has 27 heavy (non-hydrogen) atoms. The summed E-state index contributed by atoms with van der Waals surface area (Å²) in [6, 6.07) is 19.8. The lowest BCUT2D eigenvalue weighted by atomic mass is 10.3. The Kier molecular flexibility index (Phi) is 4.73. The number of anilines is 1. The van der Waals surface area contributed by atoms with E-state index in [0.717, 1.165) is 10.6 Å². The molecule has 4 rings (SSSR count). The maximum atomic E-state index is 13.1. The predicted octanol–water partition coefficient (Wildman–Crippen LogP) is 5.06. The van der Waals surface area contributed by atoms with Gasteiger partial charge >= 0.3 is 0 Å². The van der Waals surface area contributed by atoms with E-state index in [1.165, 1.54) is 17.5 Å². The largest absolute Gasteiger partial charge is 0.278 e. The van der Waals surface area contributed by atoms with Crippen molar-refractivity contribution in [3.05, 3.63) is 83.3 Å². The van der Waals surface area contributed by atoms with Crippen molar-refractivity contribution in [3.63, 3.8) is 0 Å². The van der Waals surface area contributed by atoms with E-state index in [1.807, 2.05) is 47.8 Å². The Labute approximate surface area is 165 Å². The maximum Gasteiger partial charge on any atom is 0.265 e. The van der Waals surface area contributed by atoms with Crippen LogP contribution in [-0.2, 0) is 10.0 Å². The molecule has 0 spiro atoms. The number of halogens is 1. The van der Waals surface area contributed by atoms with Gasteiger partial charge in [-0.05, 0) is 35.7 Å². The molecule has 0 amide bonds. The Bertz CT molecular complexity index is 1170. The molecule has 8 heteroatoms. The van der Waals surface area contributed by atoms with Crippen molar-refractivity contribution in [2.45, 2.75) is 4.90 Å². The number of thiophene rings is 1. The van der Waals surface area contributed by atoms with Crippen LogP contribution < -0.4 is 4.72 Å². The minimum Gasteiger partial charge on any atom is -0.278 e. The molecule has 136 valence electrons. The van der Waals surface area contributed by atoms with Gasteiger partial charge in [-0.25, -0.2) is 13.1 Å². The summed E-state index contributed by atoms with van der Waals surface area (Å²) < 4.78 is 30.3. The second-order valence-corrected chi connectivity index (χ2v) is 8.69. The quantitative estimate of drug-likeness (QED) is 0.495. The van der Waals surface area contributed by atoms with Crippen molar-refractivity contribution in [2.24, 2.45) is 0 Å². The van der Waals surface area contributed by atoms with Gasteiger partial charge in [0.2, 0.25) is 0 Å². The molecule has 0 saturated heterocycles. The van der Waals surface area contributed by atoms with Crippen molar-refractivity contribution in [1.29, 1.82) is 0 Å². The Balaban J connectivity index is 1.83. The molecule has 2 aromatic carbocycles. The van der Waals surface area contributed by atoms with Crippen LogP contribution in [0.1, 0.15) is 0 Å². The van der Waals surface area contributed by atoms with Crippen LogP contribution in [-0.4, -0.2) is 18.2 Å². The van der Waals surface area contributed by atoms with Gasteiger partial charge in [0, 0.05) is 0 Å². The number of hydrogen-bond donors (Lipinski definition) is 1. The number of nitrogens with one attached hydrogen (secondary N) is 1. The van der Waals surface area contributed by atoms with Crippen LogP contribution in [0.3, 0.4) is 0 Å². The minimum atomic E-state index is -3.89. The Morgan fingerprint density at radius 2 is 1.70 bits per heavy atom. The summed E-state index contributed by atoms with van der Waals surface area (Å²) in [5.41, 5.74) is 1.49. The lowest BCUT2D eigenvalue weighted by molar-refractivity contribution is 0.601. The van der Waals surface area contributed by atoms with Crippen LogP contribution in [0.5, 0.6) is 0 Å². The molecule has 0 unspecified atom stereocenters. The molecule has 1 N–H and O–H groups in total. The van der Waals surface area contributed by atoms with Gasteiger partial charge in [0.15, 0.2) is 0 Å². The molecule has 0 aliphatic carbocycles. The van der Waals surface area contributed by atoms with Crippen molar-refractivity contribution in [3.8, 4) is 16.3 Å². The highest BCUT2D eigenvalue weighted by atomic mass is 35.5. The van der Waals surface area contributed by atoms with Crippen LogP contribution in [0.25, 0.3) is 16.3 Å². The third kappa shape index (κ3) is 3.62. The van der Waals surface area contributed by atoms with E-state index in [1.54, 1.807) is 28.9 Å². The standard InChI is InChI=1S/C19H14ClN3O2S2/c20-15-9-4-5-10-16(15)22-27(24,25)18-13-23(14-7-2-1-3-8-14)21-19(18)17-11-6-12-26-17/h1-13,22H. The third-order valence-corrected chi connectivity index (χ3v) is 6.44. The van der Waals surface area contributed by atoms with Gasteiger partial charge in [0.1, 0.15) is 10.6 Å². The Morgan fingerprint density at radius 3 is 2.41 bits per heavy atom. The Hall–Kier alpha value is -2.61. The number of nitrogens with zero attached hydrogens (tertiary/aromatic N) is 2. The van der Waals surface area contributed by atoms with Crippen molar-refractivity contribution in [1.82, 2.24) is 9.78 Å². The monoisotopic (exact) mass is 415 g/mol. The van der Waals surface area contributed by atoms with Crippen molar-refractivity contribution >= 4 is 38.6 Å². The van der Waals surface area contributed by atoms with Gasteiger partial charge < -0.3 is 0 Å². The second-order valence-electron chi connectivity index (χ2n) is 5.68. The molecule has 0 aliphatic rings. The number of rotatable bonds is 5. The first-order chi connectivity index (χ1) is 13.0. The second kappa shape index (κ2) is 7.19. The number of hydrogen-bond acceptors (Lipinski definition) is 4. The van der Waals surface area contributed by atoms with Crippen molar-refractivity contribution < 1.29 is 8.42 Å². The van der Waals surface area contributed by atoms with E-state index in [2.05, 4.69) is 9.82 Å². The predicted molar refractivity (Wildman–Crippen MR) is 109 cm³/mol. The summed E-state index contributed by atoms with van der Waals surface area (Å²) in [5.74, 6) is 0. The van der Waals surface area contributed by atoms with Gasteiger partial charge in [-0.1, -0.05) is 48.0 Å². The number of sulfonamides is 1. The molecule has 0 radical (unpaired) electrons. The fraction of sp³-hybridized carbons (Fsp3) is 0. The normalized spacial score (nSPS) is 11.4. The first-order valence-corrected chi connectivity index (χ1v) is 10.7. The van der Waals surface area contributed by atoms with Gasteiger partial charge in [0.05, 0.1) is 27.5 Å². The summed E-state index contributed by atoms with van der Waals surface area (Å²) >= 11 is 7.54. The van der Waals surface area contributed by atoms with Gasteiger partial charge in [-0.3, -0.25) is 4.72 Å². The van der Waals surface area contributed by atoms with Crippen LogP contribution >= 0.6 is 22.9 Å². The smallest absolute Gasteiger partial charge is 0.265 e. The molecule has 0 atom stereocenters. The topological polar surface area (TPSA) is 64.0 Å². The van der Waals surface area contributed by atoms with Crippen LogP contribution in [0.4, 0.5) is 5.69 Å². The highest BCUT2D eigenvalue weighted by Gasteiger charge is 2.25. The lowest BCUT2D eigenvalue weighted by Crippen LogP contribution is -2.13. The average Bonchev–Trinajstić information content (AvgIpc) is 3.34. The molecule has 0 aliphatic heterocycles. The fourth-order valence-electron chi connectivity index (χ4n) is 2.60. The first-order valence-electron chi connectivity index (χ1n) is 8.01. The molecular formula is C19H14ClN3O2S2. The zero-order chi connectivity index (χ0) is 18.9. The number of benzene rings is 2. The Morgan fingerprint density at radius 1 is 0.963 bits per heavy atom. The first kappa shape index (κ1) is 17.8. The molecule has 0 fully saturated rings. The minimum absolute atomic E-state index is 0.0914. The third-order valence-electron chi connectivity index (χ3n) is 3.86. The SMILES string of the molecule is O=S(=O)(Nc1ccccc1Cl)c1cn(-c2ccccc2)nc1-c1cccs1. The number of aromatic nitrogens is 2. The molecule has 5 nitrogen and oxygen atoms in total. The molecule has 0 saturated carbocycles. The summed E-state index contributed by atoms with van der Waals surface area (Å²) in [6.07, 6.45) is 1.52. The molecule has 4 aromatic rings. The van der Waals surface area contributed by atoms with E-state index >= 15 is 0 Å². The van der Waals surface area contributed by atoms with E-state index in [9.17, 15) is 8.42 Å². The van der Waals surface area contributed by atoms with Crippen LogP contribution in [0, 0.1) is 0 Å². The van der Waals surface area contributed by atoms with E-state index in [-0.39, 0.29) is 4.90 Å².